The molecule has 6 nitrogen and oxygen atoms in total. The van der Waals surface area contributed by atoms with E-state index < -0.39 is 10.0 Å². The number of anilines is 1. The van der Waals surface area contributed by atoms with Crippen LogP contribution in [0.4, 0.5) is 5.69 Å². The molecule has 0 atom stereocenters. The first kappa shape index (κ1) is 24.0. The van der Waals surface area contributed by atoms with Crippen molar-refractivity contribution in [2.45, 2.75) is 31.7 Å². The van der Waals surface area contributed by atoms with E-state index in [0.717, 1.165) is 27.5 Å². The van der Waals surface area contributed by atoms with Gasteiger partial charge in [-0.3, -0.25) is 4.79 Å². The molecule has 4 aromatic rings. The molecule has 0 fully saturated rings. The Bertz CT molecular complexity index is 1550. The van der Waals surface area contributed by atoms with Gasteiger partial charge in [-0.25, -0.2) is 8.42 Å². The molecule has 0 saturated heterocycles. The summed E-state index contributed by atoms with van der Waals surface area (Å²) in [6.45, 7) is 4.94. The number of carbonyl (C=O) groups excluding carboxylic acids is 1. The standard InChI is InChI=1S/C29H28N2O4S/c1-3-35-27-15-11-22-6-4-5-7-26(22)28(27)29(32)30-24-12-10-21-16-17-31(19-23(21)18-24)36(33,34)25-13-8-20(2)9-14-25/h4-15,18H,3,16-17,19H2,1-2H3,(H,30,32). The maximum absolute atomic E-state index is 13.4. The number of benzene rings is 4. The Morgan fingerprint density at radius 2 is 1.75 bits per heavy atom. The predicted molar refractivity (Wildman–Crippen MR) is 142 cm³/mol. The van der Waals surface area contributed by atoms with Gasteiger partial charge in [-0.15, -0.1) is 0 Å². The first-order valence-corrected chi connectivity index (χ1v) is 13.5. The minimum Gasteiger partial charge on any atom is -0.493 e. The number of fused-ring (bicyclic) bond motifs is 2. The number of sulfonamides is 1. The minimum atomic E-state index is -3.61. The Labute approximate surface area is 211 Å². The fourth-order valence-corrected chi connectivity index (χ4v) is 6.05. The van der Waals surface area contributed by atoms with Crippen LogP contribution in [0.3, 0.4) is 0 Å². The second-order valence-corrected chi connectivity index (χ2v) is 10.9. The summed E-state index contributed by atoms with van der Waals surface area (Å²) in [5.74, 6) is 0.261. The molecule has 184 valence electrons. The largest absolute Gasteiger partial charge is 0.493 e. The lowest BCUT2D eigenvalue weighted by Crippen LogP contribution is -2.36. The lowest BCUT2D eigenvalue weighted by Gasteiger charge is -2.28. The fraction of sp³-hybridized carbons (Fsp3) is 0.207. The van der Waals surface area contributed by atoms with Gasteiger partial charge >= 0.3 is 0 Å². The van der Waals surface area contributed by atoms with Crippen LogP contribution >= 0.6 is 0 Å². The van der Waals surface area contributed by atoms with Crippen molar-refractivity contribution in [1.82, 2.24) is 4.31 Å². The van der Waals surface area contributed by atoms with E-state index in [1.54, 1.807) is 12.1 Å². The molecule has 1 aliphatic heterocycles. The first-order chi connectivity index (χ1) is 17.4. The number of amides is 1. The van der Waals surface area contributed by atoms with Crippen molar-refractivity contribution in [3.63, 3.8) is 0 Å². The van der Waals surface area contributed by atoms with Gasteiger partial charge in [-0.2, -0.15) is 4.31 Å². The highest BCUT2D eigenvalue weighted by Crippen LogP contribution is 2.31. The van der Waals surface area contributed by atoms with Crippen molar-refractivity contribution >= 4 is 32.4 Å². The maximum Gasteiger partial charge on any atom is 0.260 e. The van der Waals surface area contributed by atoms with E-state index in [1.807, 2.05) is 80.6 Å². The smallest absolute Gasteiger partial charge is 0.260 e. The molecule has 0 bridgehead atoms. The van der Waals surface area contributed by atoms with E-state index in [9.17, 15) is 13.2 Å². The van der Waals surface area contributed by atoms with Crippen LogP contribution < -0.4 is 10.1 Å². The topological polar surface area (TPSA) is 75.7 Å². The quantitative estimate of drug-likeness (QED) is 0.377. The van der Waals surface area contributed by atoms with Gasteiger partial charge in [-0.05, 0) is 72.5 Å². The number of aryl methyl sites for hydroxylation is 1. The molecule has 5 rings (SSSR count). The minimum absolute atomic E-state index is 0.258. The zero-order valence-corrected chi connectivity index (χ0v) is 21.1. The molecule has 4 aromatic carbocycles. The van der Waals surface area contributed by atoms with E-state index in [4.69, 9.17) is 4.74 Å². The van der Waals surface area contributed by atoms with Crippen LogP contribution in [0.25, 0.3) is 10.8 Å². The Morgan fingerprint density at radius 3 is 2.53 bits per heavy atom. The lowest BCUT2D eigenvalue weighted by molar-refractivity contribution is 0.102. The van der Waals surface area contributed by atoms with E-state index >= 15 is 0 Å². The number of hydrogen-bond donors (Lipinski definition) is 1. The molecule has 1 aliphatic rings. The van der Waals surface area contributed by atoms with Crippen molar-refractivity contribution in [3.05, 3.63) is 101 Å². The summed E-state index contributed by atoms with van der Waals surface area (Å²) in [4.78, 5) is 13.7. The number of rotatable bonds is 6. The van der Waals surface area contributed by atoms with Gasteiger partial charge in [0.2, 0.25) is 10.0 Å². The summed E-state index contributed by atoms with van der Waals surface area (Å²) < 4.78 is 33.7. The van der Waals surface area contributed by atoms with Crippen LogP contribution in [-0.4, -0.2) is 31.8 Å². The van der Waals surface area contributed by atoms with Gasteiger partial charge < -0.3 is 10.1 Å². The Hall–Kier alpha value is -3.68. The molecule has 0 spiro atoms. The summed E-state index contributed by atoms with van der Waals surface area (Å²) in [6.07, 6.45) is 0.618. The number of nitrogens with one attached hydrogen (secondary N) is 1. The number of nitrogens with zero attached hydrogens (tertiary/aromatic N) is 1. The summed E-state index contributed by atoms with van der Waals surface area (Å²) in [7, 11) is -3.61. The zero-order chi connectivity index (χ0) is 25.3. The van der Waals surface area contributed by atoms with Crippen molar-refractivity contribution in [1.29, 1.82) is 0 Å². The lowest BCUT2D eigenvalue weighted by atomic mass is 10.00. The molecule has 1 N–H and O–H groups in total. The SMILES string of the molecule is CCOc1ccc2ccccc2c1C(=O)Nc1ccc2c(c1)CN(S(=O)(=O)c1ccc(C)cc1)CC2. The van der Waals surface area contributed by atoms with Crippen LogP contribution in [0, 0.1) is 6.92 Å². The van der Waals surface area contributed by atoms with Crippen LogP contribution in [-0.2, 0) is 23.0 Å². The highest BCUT2D eigenvalue weighted by atomic mass is 32.2. The molecule has 36 heavy (non-hydrogen) atoms. The second kappa shape index (κ2) is 9.76. The van der Waals surface area contributed by atoms with Crippen molar-refractivity contribution in [3.8, 4) is 5.75 Å². The van der Waals surface area contributed by atoms with Gasteiger partial charge in [0.1, 0.15) is 5.75 Å². The molecule has 7 heteroatoms. The van der Waals surface area contributed by atoms with Gasteiger partial charge in [0, 0.05) is 18.8 Å². The molecular formula is C29H28N2O4S. The zero-order valence-electron chi connectivity index (χ0n) is 20.3. The van der Waals surface area contributed by atoms with Crippen LogP contribution in [0.1, 0.15) is 34.0 Å². The van der Waals surface area contributed by atoms with E-state index in [1.165, 1.54) is 4.31 Å². The third-order valence-electron chi connectivity index (χ3n) is 6.52. The molecule has 0 aliphatic carbocycles. The van der Waals surface area contributed by atoms with Gasteiger partial charge in [0.15, 0.2) is 0 Å². The number of hydrogen-bond acceptors (Lipinski definition) is 4. The van der Waals surface area contributed by atoms with Gasteiger partial charge in [0.05, 0.1) is 17.1 Å². The average Bonchev–Trinajstić information content (AvgIpc) is 2.88. The molecule has 0 saturated carbocycles. The third kappa shape index (κ3) is 4.59. The molecule has 1 amide bonds. The average molecular weight is 501 g/mol. The predicted octanol–water partition coefficient (Wildman–Crippen LogP) is 5.55. The Balaban J connectivity index is 1.42. The number of carbonyl (C=O) groups is 1. The summed E-state index contributed by atoms with van der Waals surface area (Å²) >= 11 is 0. The molecule has 0 radical (unpaired) electrons. The first-order valence-electron chi connectivity index (χ1n) is 12.0. The maximum atomic E-state index is 13.4. The summed E-state index contributed by atoms with van der Waals surface area (Å²) in [6, 6.07) is 24.1. The molecule has 1 heterocycles. The Morgan fingerprint density at radius 1 is 0.972 bits per heavy atom. The van der Waals surface area contributed by atoms with Crippen LogP contribution in [0.5, 0.6) is 5.75 Å². The molecule has 0 unspecified atom stereocenters. The van der Waals surface area contributed by atoms with E-state index in [2.05, 4.69) is 5.32 Å². The van der Waals surface area contributed by atoms with Gasteiger partial charge in [-0.1, -0.05) is 54.1 Å². The summed E-state index contributed by atoms with van der Waals surface area (Å²) in [5.41, 5.74) is 4.08. The third-order valence-corrected chi connectivity index (χ3v) is 8.38. The second-order valence-electron chi connectivity index (χ2n) is 8.93. The van der Waals surface area contributed by atoms with E-state index in [0.29, 0.717) is 41.5 Å². The molecule has 0 aromatic heterocycles. The highest BCUT2D eigenvalue weighted by molar-refractivity contribution is 7.89. The van der Waals surface area contributed by atoms with Crippen LogP contribution in [0.2, 0.25) is 0 Å². The van der Waals surface area contributed by atoms with Crippen molar-refractivity contribution in [2.75, 3.05) is 18.5 Å². The van der Waals surface area contributed by atoms with Crippen molar-refractivity contribution < 1.29 is 17.9 Å². The monoisotopic (exact) mass is 500 g/mol. The van der Waals surface area contributed by atoms with Crippen molar-refractivity contribution in [2.24, 2.45) is 0 Å². The number of ether oxygens (including phenoxy) is 1. The normalized spacial score (nSPS) is 13.8. The Kier molecular flexibility index (Phi) is 6.51. The highest BCUT2D eigenvalue weighted by Gasteiger charge is 2.28. The van der Waals surface area contributed by atoms with Gasteiger partial charge in [0.25, 0.3) is 5.91 Å². The summed E-state index contributed by atoms with van der Waals surface area (Å²) in [5, 5.41) is 4.77. The van der Waals surface area contributed by atoms with E-state index in [-0.39, 0.29) is 12.5 Å². The van der Waals surface area contributed by atoms with Crippen LogP contribution in [0.15, 0.2) is 83.8 Å². The molecular weight excluding hydrogens is 472 g/mol. The fourth-order valence-electron chi connectivity index (χ4n) is 4.63.